The van der Waals surface area contributed by atoms with E-state index in [0.717, 1.165) is 28.3 Å². The van der Waals surface area contributed by atoms with Crippen molar-refractivity contribution in [3.8, 4) is 16.8 Å². The first-order valence-corrected chi connectivity index (χ1v) is 14.8. The molecule has 0 unspecified atom stereocenters. The second-order valence-corrected chi connectivity index (χ2v) is 11.9. The molecule has 0 aliphatic heterocycles. The molecule has 208 valence electrons. The Balaban J connectivity index is 1.47. The molecule has 0 saturated carbocycles. The third-order valence-electron chi connectivity index (χ3n) is 7.16. The number of para-hydroxylation sites is 1. The van der Waals surface area contributed by atoms with Crippen molar-refractivity contribution in [2.24, 2.45) is 0 Å². The minimum Gasteiger partial charge on any atom is -0.360 e. The van der Waals surface area contributed by atoms with Gasteiger partial charge in [0.15, 0.2) is 5.82 Å². The van der Waals surface area contributed by atoms with Gasteiger partial charge in [0.25, 0.3) is 5.56 Å². The smallest absolute Gasteiger partial charge is 0.282 e. The lowest BCUT2D eigenvalue weighted by Gasteiger charge is -2.20. The number of benzene rings is 2. The first-order valence-electron chi connectivity index (χ1n) is 12.9. The van der Waals surface area contributed by atoms with Crippen molar-refractivity contribution < 1.29 is 8.42 Å². The van der Waals surface area contributed by atoms with Gasteiger partial charge in [-0.15, -0.1) is 0 Å². The summed E-state index contributed by atoms with van der Waals surface area (Å²) in [6.07, 6.45) is 6.23. The van der Waals surface area contributed by atoms with E-state index in [1.165, 1.54) is 17.7 Å². The van der Waals surface area contributed by atoms with E-state index in [1.54, 1.807) is 27.4 Å². The minimum atomic E-state index is -3.43. The molecule has 0 bridgehead atoms. The van der Waals surface area contributed by atoms with Crippen LogP contribution in [0.1, 0.15) is 24.4 Å². The standard InChI is InChI=1S/C29H28N8O3S/c1-18-13-14-36-25(18)29(38)37(21-10-6-5-7-11-21)28(34-36)19(2)33-27-24-23(16-30-26(24)31-17-32-27)20-9-8-12-22(15-20)35(3)41(4,39)40/h5-17,19H,1-4H3,(H2,30,31,32,33)/t19-/m0/s1. The van der Waals surface area contributed by atoms with Crippen LogP contribution >= 0.6 is 0 Å². The summed E-state index contributed by atoms with van der Waals surface area (Å²) < 4.78 is 28.8. The maximum atomic E-state index is 13.8. The fourth-order valence-corrected chi connectivity index (χ4v) is 5.47. The van der Waals surface area contributed by atoms with Gasteiger partial charge >= 0.3 is 0 Å². The van der Waals surface area contributed by atoms with E-state index in [4.69, 9.17) is 5.10 Å². The molecule has 0 aliphatic carbocycles. The zero-order valence-electron chi connectivity index (χ0n) is 22.9. The lowest BCUT2D eigenvalue weighted by molar-refractivity contribution is 0.600. The molecule has 41 heavy (non-hydrogen) atoms. The molecule has 0 fully saturated rings. The summed E-state index contributed by atoms with van der Waals surface area (Å²) in [4.78, 5) is 25.9. The van der Waals surface area contributed by atoms with Gasteiger partial charge < -0.3 is 10.3 Å². The molecule has 4 heterocycles. The van der Waals surface area contributed by atoms with E-state index in [-0.39, 0.29) is 5.56 Å². The van der Waals surface area contributed by atoms with Gasteiger partial charge in [-0.1, -0.05) is 30.3 Å². The normalized spacial score (nSPS) is 12.6. The van der Waals surface area contributed by atoms with E-state index in [9.17, 15) is 13.2 Å². The summed E-state index contributed by atoms with van der Waals surface area (Å²) in [6, 6.07) is 18.1. The van der Waals surface area contributed by atoms with Crippen molar-refractivity contribution in [2.75, 3.05) is 22.9 Å². The van der Waals surface area contributed by atoms with E-state index >= 15 is 0 Å². The Morgan fingerprint density at radius 3 is 2.59 bits per heavy atom. The largest absolute Gasteiger partial charge is 0.360 e. The second kappa shape index (κ2) is 9.89. The number of nitrogens with zero attached hydrogens (tertiary/aromatic N) is 6. The van der Waals surface area contributed by atoms with Gasteiger partial charge in [-0.3, -0.25) is 13.7 Å². The van der Waals surface area contributed by atoms with Gasteiger partial charge in [-0.2, -0.15) is 5.10 Å². The SMILES string of the molecule is Cc1ccn2nc([C@H](C)Nc3ncnc4[nH]cc(-c5cccc(N(C)S(C)(=O)=O)c5)c34)n(-c3ccccc3)c(=O)c12. The number of aryl methyl sites for hydroxylation is 1. The topological polar surface area (TPSA) is 130 Å². The van der Waals surface area contributed by atoms with Gasteiger partial charge in [0, 0.05) is 25.0 Å². The van der Waals surface area contributed by atoms with Crippen molar-refractivity contribution in [2.45, 2.75) is 19.9 Å². The molecule has 2 N–H and O–H groups in total. The number of H-pyrrole nitrogens is 1. The lowest BCUT2D eigenvalue weighted by atomic mass is 10.1. The molecule has 2 aromatic carbocycles. The van der Waals surface area contributed by atoms with Gasteiger partial charge in [-0.05, 0) is 55.3 Å². The van der Waals surface area contributed by atoms with Crippen LogP contribution in [0.5, 0.6) is 0 Å². The van der Waals surface area contributed by atoms with Crippen molar-refractivity contribution in [3.05, 3.63) is 101 Å². The molecule has 12 heteroatoms. The average Bonchev–Trinajstić information content (AvgIpc) is 3.57. The van der Waals surface area contributed by atoms with Crippen LogP contribution < -0.4 is 15.2 Å². The summed E-state index contributed by atoms with van der Waals surface area (Å²) in [5, 5.41) is 9.02. The van der Waals surface area contributed by atoms with Crippen LogP contribution in [0.2, 0.25) is 0 Å². The predicted octanol–water partition coefficient (Wildman–Crippen LogP) is 4.30. The number of hydrogen-bond donors (Lipinski definition) is 2. The Morgan fingerprint density at radius 1 is 1.05 bits per heavy atom. The molecule has 6 aromatic rings. The highest BCUT2D eigenvalue weighted by Crippen LogP contribution is 2.35. The van der Waals surface area contributed by atoms with Crippen molar-refractivity contribution in [1.29, 1.82) is 0 Å². The molecule has 6 rings (SSSR count). The molecule has 0 spiro atoms. The fourth-order valence-electron chi connectivity index (χ4n) is 4.97. The van der Waals surface area contributed by atoms with Gasteiger partial charge in [0.1, 0.15) is 23.3 Å². The summed E-state index contributed by atoms with van der Waals surface area (Å²) in [5.41, 5.74) is 4.63. The fraction of sp³-hybridized carbons (Fsp3) is 0.172. The summed E-state index contributed by atoms with van der Waals surface area (Å²) in [7, 11) is -1.91. The van der Waals surface area contributed by atoms with Crippen LogP contribution in [0.3, 0.4) is 0 Å². The Morgan fingerprint density at radius 2 is 1.83 bits per heavy atom. The maximum absolute atomic E-state index is 13.8. The quantitative estimate of drug-likeness (QED) is 0.294. The minimum absolute atomic E-state index is 0.167. The van der Waals surface area contributed by atoms with Gasteiger partial charge in [0.2, 0.25) is 10.0 Å². The van der Waals surface area contributed by atoms with Crippen LogP contribution in [0.4, 0.5) is 11.5 Å². The Bertz CT molecular complexity index is 2080. The number of hydrogen-bond acceptors (Lipinski definition) is 7. The highest BCUT2D eigenvalue weighted by molar-refractivity contribution is 7.92. The average molecular weight is 569 g/mol. The Labute approximate surface area is 236 Å². The Hall–Kier alpha value is -4.97. The molecule has 0 amide bonds. The van der Waals surface area contributed by atoms with Crippen molar-refractivity contribution in [1.82, 2.24) is 29.1 Å². The molecular formula is C29H28N8O3S. The monoisotopic (exact) mass is 568 g/mol. The van der Waals surface area contributed by atoms with E-state index < -0.39 is 16.1 Å². The number of rotatable bonds is 7. The third-order valence-corrected chi connectivity index (χ3v) is 8.36. The number of aromatic nitrogens is 6. The molecule has 11 nitrogen and oxygen atoms in total. The van der Waals surface area contributed by atoms with Crippen molar-refractivity contribution in [3.63, 3.8) is 0 Å². The lowest BCUT2D eigenvalue weighted by Crippen LogP contribution is -2.29. The highest BCUT2D eigenvalue weighted by atomic mass is 32.2. The van der Waals surface area contributed by atoms with Crippen molar-refractivity contribution >= 4 is 38.1 Å². The summed E-state index contributed by atoms with van der Waals surface area (Å²) in [5.74, 6) is 1.04. The van der Waals surface area contributed by atoms with Crippen LogP contribution in [-0.2, 0) is 10.0 Å². The Kier molecular flexibility index (Phi) is 6.34. The van der Waals surface area contributed by atoms with Gasteiger partial charge in [-0.25, -0.2) is 22.9 Å². The summed E-state index contributed by atoms with van der Waals surface area (Å²) >= 11 is 0. The number of aromatic amines is 1. The molecular weight excluding hydrogens is 540 g/mol. The number of fused-ring (bicyclic) bond motifs is 2. The zero-order chi connectivity index (χ0) is 28.9. The molecule has 0 saturated heterocycles. The van der Waals surface area contributed by atoms with Crippen LogP contribution in [0, 0.1) is 6.92 Å². The first kappa shape index (κ1) is 26.3. The first-order chi connectivity index (χ1) is 19.6. The predicted molar refractivity (Wildman–Crippen MR) is 160 cm³/mol. The van der Waals surface area contributed by atoms with E-state index in [0.29, 0.717) is 34.2 Å². The zero-order valence-corrected chi connectivity index (χ0v) is 23.7. The highest BCUT2D eigenvalue weighted by Gasteiger charge is 2.22. The third kappa shape index (κ3) is 4.61. The van der Waals surface area contributed by atoms with Crippen LogP contribution in [0.15, 0.2) is 84.2 Å². The number of sulfonamides is 1. The molecule has 4 aromatic heterocycles. The number of anilines is 2. The van der Waals surface area contributed by atoms with E-state index in [2.05, 4.69) is 20.3 Å². The number of nitrogens with one attached hydrogen (secondary N) is 2. The van der Waals surface area contributed by atoms with Gasteiger partial charge in [0.05, 0.1) is 29.1 Å². The maximum Gasteiger partial charge on any atom is 0.282 e. The van der Waals surface area contributed by atoms with Crippen LogP contribution in [-0.4, -0.2) is 50.9 Å². The van der Waals surface area contributed by atoms with Crippen LogP contribution in [0.25, 0.3) is 33.4 Å². The summed E-state index contributed by atoms with van der Waals surface area (Å²) in [6.45, 7) is 3.81. The molecule has 1 atom stereocenters. The second-order valence-electron chi connectivity index (χ2n) is 9.92. The van der Waals surface area contributed by atoms with E-state index in [1.807, 2.05) is 68.6 Å². The molecule has 0 radical (unpaired) electrons. The molecule has 0 aliphatic rings.